The molecule has 0 spiro atoms. The molecule has 0 fully saturated rings. The Labute approximate surface area is 82.4 Å². The van der Waals surface area contributed by atoms with Crippen LogP contribution in [0.5, 0.6) is 0 Å². The van der Waals surface area contributed by atoms with Crippen LogP contribution in [0, 0.1) is 0 Å². The molecular weight excluding hydrogens is 184 g/mol. The number of carbonyl (C=O) groups is 1. The fraction of sp³-hybridized carbons (Fsp3) is 0.556. The Morgan fingerprint density at radius 1 is 1.64 bits per heavy atom. The average molecular weight is 198 g/mol. The highest BCUT2D eigenvalue weighted by Gasteiger charge is 2.18. The van der Waals surface area contributed by atoms with Gasteiger partial charge in [-0.3, -0.25) is 4.99 Å². The molecule has 0 amide bonds. The average Bonchev–Trinajstić information content (AvgIpc) is 2.53. The molecule has 0 bridgehead atoms. The fourth-order valence-electron chi connectivity index (χ4n) is 1.33. The molecule has 0 aromatic heterocycles. The number of aliphatic hydroxyl groups excluding tert-OH is 1. The molecule has 0 saturated heterocycles. The first-order valence-electron chi connectivity index (χ1n) is 4.45. The zero-order valence-electron chi connectivity index (χ0n) is 7.94. The van der Waals surface area contributed by atoms with Gasteiger partial charge in [0.1, 0.15) is 5.84 Å². The lowest BCUT2D eigenvalue weighted by Gasteiger charge is -2.19. The van der Waals surface area contributed by atoms with Crippen LogP contribution in [0.15, 0.2) is 17.1 Å². The van der Waals surface area contributed by atoms with Crippen molar-refractivity contribution in [1.82, 2.24) is 4.90 Å². The summed E-state index contributed by atoms with van der Waals surface area (Å²) in [6.45, 7) is 5.15. The SMILES string of the molecule is C=C(CN1CCN=C1CCO)C(=O)O. The van der Waals surface area contributed by atoms with E-state index in [-0.39, 0.29) is 18.7 Å². The van der Waals surface area contributed by atoms with Crippen molar-refractivity contribution in [3.05, 3.63) is 12.2 Å². The van der Waals surface area contributed by atoms with E-state index in [1.165, 1.54) is 0 Å². The highest BCUT2D eigenvalue weighted by Crippen LogP contribution is 2.07. The molecule has 0 saturated carbocycles. The topological polar surface area (TPSA) is 73.1 Å². The molecule has 1 heterocycles. The second-order valence-corrected chi connectivity index (χ2v) is 3.10. The molecule has 0 aromatic carbocycles. The summed E-state index contributed by atoms with van der Waals surface area (Å²) in [5.41, 5.74) is 0.150. The summed E-state index contributed by atoms with van der Waals surface area (Å²) < 4.78 is 0. The minimum absolute atomic E-state index is 0.0366. The van der Waals surface area contributed by atoms with Crippen LogP contribution in [0.2, 0.25) is 0 Å². The van der Waals surface area contributed by atoms with Crippen LogP contribution in [0.3, 0.4) is 0 Å². The van der Waals surface area contributed by atoms with Crippen LogP contribution in [-0.2, 0) is 4.79 Å². The zero-order valence-corrected chi connectivity index (χ0v) is 7.94. The van der Waals surface area contributed by atoms with Crippen molar-refractivity contribution in [3.63, 3.8) is 0 Å². The normalized spacial score (nSPS) is 15.5. The van der Waals surface area contributed by atoms with Gasteiger partial charge in [-0.2, -0.15) is 0 Å². The Kier molecular flexibility index (Phi) is 3.64. The summed E-state index contributed by atoms with van der Waals surface area (Å²) in [5.74, 6) is -0.213. The Morgan fingerprint density at radius 3 is 2.93 bits per heavy atom. The molecule has 14 heavy (non-hydrogen) atoms. The van der Waals surface area contributed by atoms with E-state index in [1.807, 2.05) is 4.90 Å². The van der Waals surface area contributed by atoms with Crippen molar-refractivity contribution in [3.8, 4) is 0 Å². The minimum Gasteiger partial charge on any atom is -0.478 e. The number of aliphatic hydroxyl groups is 1. The van der Waals surface area contributed by atoms with Crippen molar-refractivity contribution in [2.75, 3.05) is 26.2 Å². The van der Waals surface area contributed by atoms with Gasteiger partial charge in [0.2, 0.25) is 0 Å². The molecule has 0 aliphatic carbocycles. The highest BCUT2D eigenvalue weighted by atomic mass is 16.4. The molecule has 0 radical (unpaired) electrons. The Bertz CT molecular complexity index is 273. The van der Waals surface area contributed by atoms with E-state index >= 15 is 0 Å². The van der Waals surface area contributed by atoms with Gasteiger partial charge in [-0.05, 0) is 0 Å². The molecule has 1 aliphatic heterocycles. The molecule has 0 unspecified atom stereocenters. The number of aliphatic imine (C=N–C) groups is 1. The smallest absolute Gasteiger partial charge is 0.332 e. The molecule has 78 valence electrons. The maximum atomic E-state index is 10.5. The number of carboxylic acids is 1. The second-order valence-electron chi connectivity index (χ2n) is 3.10. The molecule has 0 atom stereocenters. The lowest BCUT2D eigenvalue weighted by atomic mass is 10.2. The second kappa shape index (κ2) is 4.76. The van der Waals surface area contributed by atoms with Crippen LogP contribution >= 0.6 is 0 Å². The minimum atomic E-state index is -0.986. The van der Waals surface area contributed by atoms with E-state index in [0.29, 0.717) is 19.5 Å². The lowest BCUT2D eigenvalue weighted by molar-refractivity contribution is -0.132. The van der Waals surface area contributed by atoms with Gasteiger partial charge in [-0.15, -0.1) is 0 Å². The van der Waals surface area contributed by atoms with Gasteiger partial charge in [0.15, 0.2) is 0 Å². The van der Waals surface area contributed by atoms with Gasteiger partial charge >= 0.3 is 5.97 Å². The number of amidine groups is 1. The lowest BCUT2D eigenvalue weighted by Crippen LogP contribution is -2.31. The van der Waals surface area contributed by atoms with Gasteiger partial charge in [0.05, 0.1) is 19.7 Å². The molecule has 0 aromatic rings. The number of aliphatic carboxylic acids is 1. The molecule has 5 heteroatoms. The molecule has 2 N–H and O–H groups in total. The van der Waals surface area contributed by atoms with Crippen molar-refractivity contribution in [1.29, 1.82) is 0 Å². The van der Waals surface area contributed by atoms with Crippen LogP contribution in [0.25, 0.3) is 0 Å². The summed E-state index contributed by atoms with van der Waals surface area (Å²) in [5, 5.41) is 17.4. The summed E-state index contributed by atoms with van der Waals surface area (Å²) in [6.07, 6.45) is 0.479. The standard InChI is InChI=1S/C9H14N2O3/c1-7(9(13)14)6-11-4-3-10-8(11)2-5-12/h12H,1-6H2,(H,13,14). The summed E-state index contributed by atoms with van der Waals surface area (Å²) in [4.78, 5) is 16.5. The largest absolute Gasteiger partial charge is 0.478 e. The van der Waals surface area contributed by atoms with E-state index in [0.717, 1.165) is 5.84 Å². The van der Waals surface area contributed by atoms with Crippen LogP contribution in [0.4, 0.5) is 0 Å². The van der Waals surface area contributed by atoms with Crippen molar-refractivity contribution < 1.29 is 15.0 Å². The van der Waals surface area contributed by atoms with E-state index in [4.69, 9.17) is 10.2 Å². The fourth-order valence-corrected chi connectivity index (χ4v) is 1.33. The van der Waals surface area contributed by atoms with E-state index < -0.39 is 5.97 Å². The van der Waals surface area contributed by atoms with Gasteiger partial charge < -0.3 is 15.1 Å². The zero-order chi connectivity index (χ0) is 10.6. The number of hydrogen-bond donors (Lipinski definition) is 2. The predicted octanol–water partition coefficient (Wildman–Crippen LogP) is -0.276. The summed E-state index contributed by atoms with van der Waals surface area (Å²) in [6, 6.07) is 0. The van der Waals surface area contributed by atoms with Gasteiger partial charge in [-0.25, -0.2) is 4.79 Å². The summed E-state index contributed by atoms with van der Waals surface area (Å²) >= 11 is 0. The first-order chi connectivity index (χ1) is 6.65. The molecular formula is C9H14N2O3. The molecule has 1 aliphatic rings. The first kappa shape index (κ1) is 10.7. The number of rotatable bonds is 5. The third-order valence-corrected chi connectivity index (χ3v) is 2.05. The van der Waals surface area contributed by atoms with E-state index in [1.54, 1.807) is 0 Å². The maximum Gasteiger partial charge on any atom is 0.332 e. The van der Waals surface area contributed by atoms with E-state index in [2.05, 4.69) is 11.6 Å². The van der Waals surface area contributed by atoms with Gasteiger partial charge in [0.25, 0.3) is 0 Å². The van der Waals surface area contributed by atoms with Crippen molar-refractivity contribution in [2.24, 2.45) is 4.99 Å². The number of hydrogen-bond acceptors (Lipinski definition) is 4. The quantitative estimate of drug-likeness (QED) is 0.596. The third-order valence-electron chi connectivity index (χ3n) is 2.05. The number of carboxylic acid groups (broad SMARTS) is 1. The monoisotopic (exact) mass is 198 g/mol. The van der Waals surface area contributed by atoms with Gasteiger partial charge in [-0.1, -0.05) is 6.58 Å². The Hall–Kier alpha value is -1.36. The van der Waals surface area contributed by atoms with Crippen molar-refractivity contribution >= 4 is 11.8 Å². The van der Waals surface area contributed by atoms with Crippen LogP contribution in [0.1, 0.15) is 6.42 Å². The predicted molar refractivity (Wildman–Crippen MR) is 52.4 cm³/mol. The van der Waals surface area contributed by atoms with Gasteiger partial charge in [0, 0.05) is 18.5 Å². The van der Waals surface area contributed by atoms with E-state index in [9.17, 15) is 4.79 Å². The summed E-state index contributed by atoms with van der Waals surface area (Å²) in [7, 11) is 0. The Balaban J connectivity index is 2.49. The van der Waals surface area contributed by atoms with Crippen molar-refractivity contribution in [2.45, 2.75) is 6.42 Å². The molecule has 1 rings (SSSR count). The maximum absolute atomic E-state index is 10.5. The highest BCUT2D eigenvalue weighted by molar-refractivity contribution is 5.89. The third kappa shape index (κ3) is 2.56. The van der Waals surface area contributed by atoms with Crippen LogP contribution < -0.4 is 0 Å². The molecule has 5 nitrogen and oxygen atoms in total. The first-order valence-corrected chi connectivity index (χ1v) is 4.45. The Morgan fingerprint density at radius 2 is 2.36 bits per heavy atom. The number of nitrogens with zero attached hydrogens (tertiary/aromatic N) is 2. The van der Waals surface area contributed by atoms with Crippen LogP contribution in [-0.4, -0.2) is 53.2 Å².